The molecule has 2 heterocycles. The topological polar surface area (TPSA) is 41.3 Å². The van der Waals surface area contributed by atoms with Crippen LogP contribution < -0.4 is 0 Å². The molecule has 1 N–H and O–H groups in total. The highest BCUT2D eigenvalue weighted by Crippen LogP contribution is 2.27. The first-order valence-corrected chi connectivity index (χ1v) is 7.03. The van der Waals surface area contributed by atoms with Crippen LogP contribution in [-0.4, -0.2) is 45.0 Å². The number of aryl methyl sites for hydroxylation is 2. The fourth-order valence-corrected chi connectivity index (χ4v) is 2.74. The summed E-state index contributed by atoms with van der Waals surface area (Å²) in [5.74, 6) is 0. The van der Waals surface area contributed by atoms with Crippen molar-refractivity contribution in [2.45, 2.75) is 44.6 Å². The molecule has 0 amide bonds. The van der Waals surface area contributed by atoms with Crippen LogP contribution in [0, 0.1) is 0 Å². The van der Waals surface area contributed by atoms with Crippen LogP contribution in [0.25, 0.3) is 0 Å². The van der Waals surface area contributed by atoms with Gasteiger partial charge in [0.1, 0.15) is 0 Å². The van der Waals surface area contributed by atoms with Gasteiger partial charge in [0.05, 0.1) is 11.8 Å². The molecule has 1 aliphatic rings. The predicted octanol–water partition coefficient (Wildman–Crippen LogP) is 1.59. The maximum Gasteiger partial charge on any atom is 0.0675 e. The van der Waals surface area contributed by atoms with Crippen LogP contribution in [0.15, 0.2) is 12.4 Å². The number of aliphatic hydroxyl groups is 1. The lowest BCUT2D eigenvalue weighted by Crippen LogP contribution is -2.44. The molecule has 1 aliphatic heterocycles. The van der Waals surface area contributed by atoms with E-state index in [0.717, 1.165) is 38.8 Å². The number of hydrogen-bond acceptors (Lipinski definition) is 3. The molecule has 1 aromatic rings. The zero-order chi connectivity index (χ0) is 13.0. The second-order valence-electron chi connectivity index (χ2n) is 5.59. The highest BCUT2D eigenvalue weighted by molar-refractivity contribution is 5.05. The molecule has 0 unspecified atom stereocenters. The average molecular weight is 251 g/mol. The third-order valence-electron chi connectivity index (χ3n) is 3.96. The quantitative estimate of drug-likeness (QED) is 0.864. The molecule has 1 fully saturated rings. The molecule has 0 spiro atoms. The van der Waals surface area contributed by atoms with Crippen LogP contribution in [0.5, 0.6) is 0 Å². The highest BCUT2D eigenvalue weighted by Gasteiger charge is 2.31. The highest BCUT2D eigenvalue weighted by atomic mass is 16.3. The second kappa shape index (κ2) is 5.85. The first-order chi connectivity index (χ1) is 8.61. The van der Waals surface area contributed by atoms with Gasteiger partial charge < -0.3 is 10.0 Å². The van der Waals surface area contributed by atoms with Crippen LogP contribution in [-0.2, 0) is 13.5 Å². The Bertz CT molecular complexity index is 367. The van der Waals surface area contributed by atoms with Gasteiger partial charge in [0.25, 0.3) is 0 Å². The smallest absolute Gasteiger partial charge is 0.0675 e. The fourth-order valence-electron chi connectivity index (χ4n) is 2.74. The lowest BCUT2D eigenvalue weighted by Gasteiger charge is -2.38. The van der Waals surface area contributed by atoms with Gasteiger partial charge in [-0.25, -0.2) is 0 Å². The lowest BCUT2D eigenvalue weighted by atomic mass is 9.86. The largest absolute Gasteiger partial charge is 0.390 e. The summed E-state index contributed by atoms with van der Waals surface area (Å²) < 4.78 is 1.82. The van der Waals surface area contributed by atoms with Gasteiger partial charge in [-0.1, -0.05) is 6.92 Å². The summed E-state index contributed by atoms with van der Waals surface area (Å²) >= 11 is 0. The van der Waals surface area contributed by atoms with Crippen molar-refractivity contribution in [3.63, 3.8) is 0 Å². The van der Waals surface area contributed by atoms with Gasteiger partial charge in [-0.05, 0) is 44.2 Å². The maximum atomic E-state index is 10.6. The van der Waals surface area contributed by atoms with Gasteiger partial charge in [-0.2, -0.15) is 5.10 Å². The molecule has 0 aromatic carbocycles. The Balaban J connectivity index is 1.79. The van der Waals surface area contributed by atoms with E-state index in [9.17, 15) is 5.11 Å². The number of rotatable bonds is 5. The first-order valence-electron chi connectivity index (χ1n) is 7.03. The average Bonchev–Trinajstić information content (AvgIpc) is 2.77. The van der Waals surface area contributed by atoms with Crippen LogP contribution >= 0.6 is 0 Å². The van der Waals surface area contributed by atoms with E-state index < -0.39 is 5.60 Å². The van der Waals surface area contributed by atoms with E-state index in [1.807, 2.05) is 24.1 Å². The molecule has 0 aliphatic carbocycles. The Labute approximate surface area is 110 Å². The molecule has 4 heteroatoms. The number of nitrogens with zero attached hydrogens (tertiary/aromatic N) is 3. The van der Waals surface area contributed by atoms with Crippen LogP contribution in [0.1, 0.15) is 38.2 Å². The van der Waals surface area contributed by atoms with E-state index in [1.165, 1.54) is 18.5 Å². The van der Waals surface area contributed by atoms with E-state index in [1.54, 1.807) is 0 Å². The minimum absolute atomic E-state index is 0.458. The van der Waals surface area contributed by atoms with Crippen molar-refractivity contribution < 1.29 is 5.11 Å². The molecule has 102 valence electrons. The Morgan fingerprint density at radius 1 is 1.39 bits per heavy atom. The summed E-state index contributed by atoms with van der Waals surface area (Å²) in [6.45, 7) is 5.46. The molecule has 0 atom stereocenters. The lowest BCUT2D eigenvalue weighted by molar-refractivity contribution is -0.0271. The van der Waals surface area contributed by atoms with E-state index in [0.29, 0.717) is 0 Å². The number of hydrogen-bond donors (Lipinski definition) is 1. The van der Waals surface area contributed by atoms with Crippen molar-refractivity contribution in [3.8, 4) is 0 Å². The van der Waals surface area contributed by atoms with E-state index in [-0.39, 0.29) is 0 Å². The molecule has 18 heavy (non-hydrogen) atoms. The van der Waals surface area contributed by atoms with Crippen LogP contribution in [0.2, 0.25) is 0 Å². The zero-order valence-corrected chi connectivity index (χ0v) is 11.6. The first kappa shape index (κ1) is 13.6. The summed E-state index contributed by atoms with van der Waals surface area (Å²) in [5, 5.41) is 14.7. The predicted molar refractivity (Wildman–Crippen MR) is 72.4 cm³/mol. The summed E-state index contributed by atoms with van der Waals surface area (Å²) in [5.41, 5.74) is 0.766. The SMILES string of the molecule is CCCN1CCC(O)(CCc2cnn(C)c2)CC1. The normalized spacial score (nSPS) is 20.2. The second-order valence-corrected chi connectivity index (χ2v) is 5.59. The van der Waals surface area contributed by atoms with Gasteiger partial charge >= 0.3 is 0 Å². The minimum Gasteiger partial charge on any atom is -0.390 e. The minimum atomic E-state index is -0.458. The molecule has 0 bridgehead atoms. The molecule has 4 nitrogen and oxygen atoms in total. The van der Waals surface area contributed by atoms with Gasteiger partial charge in [-0.15, -0.1) is 0 Å². The number of likely N-dealkylation sites (tertiary alicyclic amines) is 1. The van der Waals surface area contributed by atoms with Gasteiger partial charge in [0.15, 0.2) is 0 Å². The molecule has 0 radical (unpaired) electrons. The van der Waals surface area contributed by atoms with E-state index in [2.05, 4.69) is 16.9 Å². The van der Waals surface area contributed by atoms with Gasteiger partial charge in [0, 0.05) is 26.3 Å². The van der Waals surface area contributed by atoms with Crippen molar-refractivity contribution in [2.75, 3.05) is 19.6 Å². The molecule has 1 saturated heterocycles. The molecular weight excluding hydrogens is 226 g/mol. The Morgan fingerprint density at radius 2 is 2.11 bits per heavy atom. The van der Waals surface area contributed by atoms with Gasteiger partial charge in [0.2, 0.25) is 0 Å². The Morgan fingerprint density at radius 3 is 2.67 bits per heavy atom. The van der Waals surface area contributed by atoms with Crippen molar-refractivity contribution in [2.24, 2.45) is 7.05 Å². The third-order valence-corrected chi connectivity index (χ3v) is 3.96. The Hall–Kier alpha value is -0.870. The zero-order valence-electron chi connectivity index (χ0n) is 11.6. The van der Waals surface area contributed by atoms with E-state index in [4.69, 9.17) is 0 Å². The van der Waals surface area contributed by atoms with Crippen LogP contribution in [0.4, 0.5) is 0 Å². The van der Waals surface area contributed by atoms with Crippen molar-refractivity contribution in [1.82, 2.24) is 14.7 Å². The van der Waals surface area contributed by atoms with Crippen molar-refractivity contribution in [3.05, 3.63) is 18.0 Å². The summed E-state index contributed by atoms with van der Waals surface area (Å²) in [4.78, 5) is 2.46. The summed E-state index contributed by atoms with van der Waals surface area (Å²) in [7, 11) is 1.93. The molecular formula is C14H25N3O. The van der Waals surface area contributed by atoms with Crippen LogP contribution in [0.3, 0.4) is 0 Å². The Kier molecular flexibility index (Phi) is 4.40. The maximum absolute atomic E-state index is 10.6. The monoisotopic (exact) mass is 251 g/mol. The van der Waals surface area contributed by atoms with Gasteiger partial charge in [-0.3, -0.25) is 4.68 Å². The number of aromatic nitrogens is 2. The molecule has 1 aromatic heterocycles. The van der Waals surface area contributed by atoms with Crippen molar-refractivity contribution >= 4 is 0 Å². The molecule has 0 saturated carbocycles. The summed E-state index contributed by atoms with van der Waals surface area (Å²) in [6, 6.07) is 0. The third kappa shape index (κ3) is 3.56. The number of piperidine rings is 1. The van der Waals surface area contributed by atoms with E-state index >= 15 is 0 Å². The summed E-state index contributed by atoms with van der Waals surface area (Å²) in [6.07, 6.45) is 8.75. The standard InChI is InChI=1S/C14H25N3O/c1-3-8-17-9-6-14(18,7-10-17)5-4-13-11-15-16(2)12-13/h11-12,18H,3-10H2,1-2H3. The fraction of sp³-hybridized carbons (Fsp3) is 0.786. The van der Waals surface area contributed by atoms with Crippen molar-refractivity contribution in [1.29, 1.82) is 0 Å². The molecule has 2 rings (SSSR count).